The van der Waals surface area contributed by atoms with Crippen LogP contribution < -0.4 is 0 Å². The topological polar surface area (TPSA) is 46.6 Å². The number of methoxy groups -OCH3 is 1. The van der Waals surface area contributed by atoms with Crippen molar-refractivity contribution in [2.24, 2.45) is 5.92 Å². The van der Waals surface area contributed by atoms with Gasteiger partial charge in [0.2, 0.25) is 5.91 Å². The van der Waals surface area contributed by atoms with E-state index in [0.717, 1.165) is 6.42 Å². The first-order valence-electron chi connectivity index (χ1n) is 4.97. The van der Waals surface area contributed by atoms with Gasteiger partial charge in [0, 0.05) is 12.3 Å². The first-order valence-corrected chi connectivity index (χ1v) is 4.97. The number of esters is 1. The van der Waals surface area contributed by atoms with Crippen LogP contribution in [0.1, 0.15) is 12.8 Å². The average Bonchev–Trinajstić information content (AvgIpc) is 2.68. The maximum Gasteiger partial charge on any atom is 0.330 e. The second-order valence-corrected chi connectivity index (χ2v) is 3.70. The molecule has 0 saturated carbocycles. The number of fused-ring (bicyclic) bond motifs is 1. The number of hydrogen-bond donors (Lipinski definition) is 0. The van der Waals surface area contributed by atoms with Gasteiger partial charge in [0.15, 0.2) is 0 Å². The summed E-state index contributed by atoms with van der Waals surface area (Å²) in [5, 5.41) is 0. The highest BCUT2D eigenvalue weighted by atomic mass is 16.5. The van der Waals surface area contributed by atoms with Gasteiger partial charge in [-0.05, 0) is 12.8 Å². The van der Waals surface area contributed by atoms with E-state index in [-0.39, 0.29) is 17.8 Å². The lowest BCUT2D eigenvalue weighted by molar-refractivity contribution is -0.149. The summed E-state index contributed by atoms with van der Waals surface area (Å²) in [6, 6.07) is 0.319. The maximum atomic E-state index is 11.5. The summed E-state index contributed by atoms with van der Waals surface area (Å²) in [7, 11) is 1.34. The largest absolute Gasteiger partial charge is 0.466 e. The minimum Gasteiger partial charge on any atom is -0.466 e. The highest BCUT2D eigenvalue weighted by Gasteiger charge is 2.46. The summed E-state index contributed by atoms with van der Waals surface area (Å²) in [5.41, 5.74) is 0. The van der Waals surface area contributed by atoms with Crippen molar-refractivity contribution in [2.45, 2.75) is 18.9 Å². The molecule has 15 heavy (non-hydrogen) atoms. The van der Waals surface area contributed by atoms with Crippen molar-refractivity contribution in [3.8, 4) is 0 Å². The molecule has 2 aliphatic heterocycles. The van der Waals surface area contributed by atoms with Crippen LogP contribution in [0.5, 0.6) is 0 Å². The van der Waals surface area contributed by atoms with E-state index < -0.39 is 0 Å². The van der Waals surface area contributed by atoms with Crippen LogP contribution in [0.15, 0.2) is 24.4 Å². The van der Waals surface area contributed by atoms with E-state index in [1.807, 2.05) is 12.3 Å². The summed E-state index contributed by atoms with van der Waals surface area (Å²) >= 11 is 0. The molecule has 2 aliphatic rings. The van der Waals surface area contributed by atoms with Gasteiger partial charge in [-0.25, -0.2) is 4.79 Å². The molecule has 2 unspecified atom stereocenters. The Labute approximate surface area is 88.2 Å². The van der Waals surface area contributed by atoms with E-state index in [9.17, 15) is 9.59 Å². The van der Waals surface area contributed by atoms with Gasteiger partial charge in [-0.2, -0.15) is 0 Å². The third-order valence-electron chi connectivity index (χ3n) is 2.88. The van der Waals surface area contributed by atoms with Crippen LogP contribution >= 0.6 is 0 Å². The Hall–Kier alpha value is -1.58. The van der Waals surface area contributed by atoms with Crippen molar-refractivity contribution >= 4 is 11.9 Å². The number of carbonyl (C=O) groups is 2. The summed E-state index contributed by atoms with van der Waals surface area (Å²) in [6.45, 7) is 0. The summed E-state index contributed by atoms with van der Waals surface area (Å²) in [5.74, 6) is -0.174. The van der Waals surface area contributed by atoms with E-state index in [4.69, 9.17) is 0 Å². The molecule has 4 nitrogen and oxygen atoms in total. The number of rotatable bonds is 3. The lowest BCUT2D eigenvalue weighted by Gasteiger charge is -2.41. The smallest absolute Gasteiger partial charge is 0.330 e. The molecule has 0 radical (unpaired) electrons. The molecule has 0 aromatic heterocycles. The monoisotopic (exact) mass is 207 g/mol. The number of allylic oxidation sites excluding steroid dienone is 1. The molecule has 0 aromatic carbocycles. The number of β-lactam (4-membered cyclic amide) rings is 1. The molecule has 0 spiro atoms. The Kier molecular flexibility index (Phi) is 2.58. The van der Waals surface area contributed by atoms with Gasteiger partial charge in [0.05, 0.1) is 19.1 Å². The molecular formula is C11H13NO3. The highest BCUT2D eigenvalue weighted by Crippen LogP contribution is 2.36. The maximum absolute atomic E-state index is 11.5. The average molecular weight is 207 g/mol. The highest BCUT2D eigenvalue weighted by molar-refractivity contribution is 5.88. The van der Waals surface area contributed by atoms with E-state index >= 15 is 0 Å². The van der Waals surface area contributed by atoms with Gasteiger partial charge in [0.25, 0.3) is 0 Å². The standard InChI is InChI=1S/C11H13NO3/c1-15-10(13)6-2-4-8-9-5-3-7-12(9)11(8)14/h2-3,6-9H,4-5H2,1H3. The fourth-order valence-corrected chi connectivity index (χ4v) is 2.04. The Morgan fingerprint density at radius 2 is 2.53 bits per heavy atom. The molecule has 2 heterocycles. The summed E-state index contributed by atoms with van der Waals surface area (Å²) < 4.78 is 4.46. The lowest BCUT2D eigenvalue weighted by atomic mass is 9.85. The third kappa shape index (κ3) is 1.67. The summed E-state index contributed by atoms with van der Waals surface area (Å²) in [6.07, 6.45) is 8.49. The van der Waals surface area contributed by atoms with Crippen molar-refractivity contribution in [2.75, 3.05) is 7.11 Å². The zero-order valence-corrected chi connectivity index (χ0v) is 8.55. The second-order valence-electron chi connectivity index (χ2n) is 3.70. The van der Waals surface area contributed by atoms with Crippen LogP contribution in [0, 0.1) is 5.92 Å². The molecule has 1 saturated heterocycles. The van der Waals surface area contributed by atoms with E-state index in [0.29, 0.717) is 12.5 Å². The predicted molar refractivity (Wildman–Crippen MR) is 53.7 cm³/mol. The van der Waals surface area contributed by atoms with Crippen LogP contribution in [0.2, 0.25) is 0 Å². The fraction of sp³-hybridized carbons (Fsp3) is 0.455. The quantitative estimate of drug-likeness (QED) is 0.391. The molecule has 2 atom stereocenters. The lowest BCUT2D eigenvalue weighted by Crippen LogP contribution is -2.55. The first-order chi connectivity index (χ1) is 7.24. The third-order valence-corrected chi connectivity index (χ3v) is 2.88. The molecule has 1 amide bonds. The normalized spacial score (nSPS) is 28.1. The van der Waals surface area contributed by atoms with Crippen LogP contribution in [0.25, 0.3) is 0 Å². The molecule has 80 valence electrons. The van der Waals surface area contributed by atoms with E-state index in [2.05, 4.69) is 4.74 Å². The Balaban J connectivity index is 1.84. The number of amides is 1. The molecule has 0 aromatic rings. The van der Waals surface area contributed by atoms with Gasteiger partial charge in [-0.1, -0.05) is 12.2 Å². The molecule has 4 heteroatoms. The Morgan fingerprint density at radius 3 is 3.27 bits per heavy atom. The van der Waals surface area contributed by atoms with Crippen molar-refractivity contribution < 1.29 is 14.3 Å². The molecule has 1 fully saturated rings. The summed E-state index contributed by atoms with van der Waals surface area (Å²) in [4.78, 5) is 24.1. The van der Waals surface area contributed by atoms with Crippen LogP contribution in [0.4, 0.5) is 0 Å². The van der Waals surface area contributed by atoms with Crippen molar-refractivity contribution in [1.82, 2.24) is 4.90 Å². The number of ether oxygens (including phenoxy) is 1. The molecule has 0 N–H and O–H groups in total. The van der Waals surface area contributed by atoms with Crippen molar-refractivity contribution in [3.05, 3.63) is 24.4 Å². The predicted octanol–water partition coefficient (Wildman–Crippen LogP) is 0.850. The minimum atomic E-state index is -0.372. The Bertz CT molecular complexity index is 346. The zero-order valence-electron chi connectivity index (χ0n) is 8.55. The van der Waals surface area contributed by atoms with Gasteiger partial charge >= 0.3 is 5.97 Å². The number of nitrogens with zero attached hydrogens (tertiary/aromatic N) is 1. The molecule has 0 aliphatic carbocycles. The minimum absolute atomic E-state index is 0.0425. The fourth-order valence-electron chi connectivity index (χ4n) is 2.04. The van der Waals surface area contributed by atoms with Crippen LogP contribution in [-0.2, 0) is 14.3 Å². The van der Waals surface area contributed by atoms with E-state index in [1.54, 1.807) is 11.0 Å². The SMILES string of the molecule is COC(=O)C=CCC1C(=O)N2C=CCC12. The van der Waals surface area contributed by atoms with E-state index in [1.165, 1.54) is 13.2 Å². The van der Waals surface area contributed by atoms with Crippen molar-refractivity contribution in [1.29, 1.82) is 0 Å². The first kappa shape index (κ1) is 9.96. The molecular weight excluding hydrogens is 194 g/mol. The van der Waals surface area contributed by atoms with Gasteiger partial charge in [0.1, 0.15) is 0 Å². The van der Waals surface area contributed by atoms with Gasteiger partial charge in [-0.3, -0.25) is 4.79 Å². The van der Waals surface area contributed by atoms with Gasteiger partial charge < -0.3 is 9.64 Å². The molecule has 2 rings (SSSR count). The van der Waals surface area contributed by atoms with Crippen molar-refractivity contribution in [3.63, 3.8) is 0 Å². The number of carbonyl (C=O) groups excluding carboxylic acids is 2. The second kappa shape index (κ2) is 3.88. The molecule has 0 bridgehead atoms. The zero-order chi connectivity index (χ0) is 10.8. The van der Waals surface area contributed by atoms with Crippen LogP contribution in [0.3, 0.4) is 0 Å². The van der Waals surface area contributed by atoms with Gasteiger partial charge in [-0.15, -0.1) is 0 Å². The van der Waals surface area contributed by atoms with Crippen LogP contribution in [-0.4, -0.2) is 29.9 Å². The Morgan fingerprint density at radius 1 is 1.73 bits per heavy atom. The number of hydrogen-bond acceptors (Lipinski definition) is 3.